The van der Waals surface area contributed by atoms with Gasteiger partial charge in [-0.2, -0.15) is 15.8 Å². The Labute approximate surface area is 790 Å². The highest BCUT2D eigenvalue weighted by Gasteiger charge is 2.31. The summed E-state index contributed by atoms with van der Waals surface area (Å²) in [6.45, 7) is 29.8. The van der Waals surface area contributed by atoms with Crippen LogP contribution in [0.5, 0.6) is 0 Å². The lowest BCUT2D eigenvalue weighted by Crippen LogP contribution is -2.37. The first kappa shape index (κ1) is 83.7. The van der Waals surface area contributed by atoms with Crippen molar-refractivity contribution < 1.29 is 26.5 Å². The standard InChI is InChI=1S/C43H43N3O2.2C39H35N3O2/c1-25(2)27-9-13-45(14-10-27)33-7-5-29-19-35-37-23-38-36-20-30-6-8-34(46-15-11-28(12-16-46)26(3)4)18-32(30)22-41(36)48-43(38)39(24-44)42(37)47-40(35)21-31(29)17-33;1-23-7-11-41(12-8-23)29-5-3-25-17-31-33-21-34-32-18-26-4-6-30(42-13-9-24(2)10-14-42)16-28(26)20-37(32)44-39(34)35(22-40)38(33)43-36(31)19-27(25)15-29;1-23-7-3-5-13-41(23)29-11-9-25-17-31-33-21-34-32-18-26-10-12-30(42-14-6-4-8-24(42)2)16-28(26)20-37(32)44-39(34)35(22-40)38(33)43-36(31)19-27(25)15-29/h5-8,17-23,25-28H,9-16H2,1-4H3;3-6,15-21,23-24H,7-14H2,1-2H3;9-12,15-21,23-24H,3-8,13-14H2,1-2H3. The van der Waals surface area contributed by atoms with Crippen LogP contribution in [0.25, 0.3) is 196 Å². The summed E-state index contributed by atoms with van der Waals surface area (Å²) in [7, 11) is 0. The zero-order chi connectivity index (χ0) is 91.7. The number of piperidine rings is 6. The zero-order valence-electron chi connectivity index (χ0n) is 79.1. The van der Waals surface area contributed by atoms with Gasteiger partial charge in [-0.3, -0.25) is 0 Å². The molecule has 2 unspecified atom stereocenters. The zero-order valence-corrected chi connectivity index (χ0v) is 79.1. The van der Waals surface area contributed by atoms with Crippen LogP contribution < -0.4 is 29.4 Å². The molecule has 0 bridgehead atoms. The first-order valence-corrected chi connectivity index (χ1v) is 50.3. The third-order valence-corrected chi connectivity index (χ3v) is 32.8. The summed E-state index contributed by atoms with van der Waals surface area (Å²) in [5.74, 6) is 4.73. The largest absolute Gasteiger partial charge is 0.454 e. The molecule has 15 heteroatoms. The number of nitrogens with zero attached hydrogens (tertiary/aromatic N) is 9. The molecule has 0 spiro atoms. The third-order valence-electron chi connectivity index (χ3n) is 32.8. The fraction of sp³-hybridized carbons (Fsp3) is 0.331. The van der Waals surface area contributed by atoms with E-state index < -0.39 is 0 Å². The van der Waals surface area contributed by atoms with Gasteiger partial charge in [-0.1, -0.05) is 77.9 Å². The van der Waals surface area contributed by atoms with Crippen molar-refractivity contribution in [1.29, 1.82) is 15.8 Å². The van der Waals surface area contributed by atoms with Crippen LogP contribution in [0.2, 0.25) is 0 Å². The Morgan fingerprint density at radius 2 is 0.456 bits per heavy atom. The molecule has 0 saturated carbocycles. The summed E-state index contributed by atoms with van der Waals surface area (Å²) < 4.78 is 38.8. The molecule has 6 aliphatic rings. The van der Waals surface area contributed by atoms with Gasteiger partial charge in [-0.05, 0) is 368 Å². The van der Waals surface area contributed by atoms with Crippen LogP contribution in [0.3, 0.4) is 0 Å². The third kappa shape index (κ3) is 14.3. The molecule has 6 saturated heterocycles. The van der Waals surface area contributed by atoms with Gasteiger partial charge in [0, 0.05) is 176 Å². The second-order valence-corrected chi connectivity index (χ2v) is 41.8. The van der Waals surface area contributed by atoms with Crippen molar-refractivity contribution in [3.8, 4) is 18.2 Å². The number of hydrogen-bond donors (Lipinski definition) is 0. The van der Waals surface area contributed by atoms with Gasteiger partial charge in [0.25, 0.3) is 0 Å². The maximum absolute atomic E-state index is 10.4. The van der Waals surface area contributed by atoms with E-state index in [-0.39, 0.29) is 0 Å². The molecule has 0 amide bonds. The van der Waals surface area contributed by atoms with E-state index in [1.165, 1.54) is 156 Å². The van der Waals surface area contributed by atoms with E-state index in [9.17, 15) is 15.8 Å². The Bertz CT molecular complexity index is 8150. The molecule has 0 radical (unpaired) electrons. The van der Waals surface area contributed by atoms with Crippen molar-refractivity contribution >= 4 is 230 Å². The van der Waals surface area contributed by atoms with E-state index in [1.807, 2.05) is 0 Å². The molecule has 136 heavy (non-hydrogen) atoms. The van der Waals surface area contributed by atoms with Crippen molar-refractivity contribution in [2.75, 3.05) is 94.8 Å². The van der Waals surface area contributed by atoms with Gasteiger partial charge in [0.15, 0.2) is 33.5 Å². The molecule has 2 atom stereocenters. The summed E-state index contributed by atoms with van der Waals surface area (Å²) in [6, 6.07) is 81.7. The van der Waals surface area contributed by atoms with Gasteiger partial charge < -0.3 is 55.9 Å². The monoisotopic (exact) mass is 1790 g/mol. The molecular formula is C121H113N9O6. The van der Waals surface area contributed by atoms with Gasteiger partial charge in [-0.25, -0.2) is 0 Å². The van der Waals surface area contributed by atoms with E-state index in [0.717, 1.165) is 231 Å². The number of fused-ring (bicyclic) bond motifs is 24. The lowest BCUT2D eigenvalue weighted by molar-refractivity contribution is 0.311. The number of benzene rings is 15. The minimum atomic E-state index is 0.462. The molecule has 6 aliphatic heterocycles. The molecule has 15 nitrogen and oxygen atoms in total. The summed E-state index contributed by atoms with van der Waals surface area (Å²) >= 11 is 0. The summed E-state index contributed by atoms with van der Waals surface area (Å²) in [4.78, 5) is 15.1. The van der Waals surface area contributed by atoms with Crippen molar-refractivity contribution in [1.82, 2.24) is 0 Å². The Morgan fingerprint density at radius 3 is 0.676 bits per heavy atom. The van der Waals surface area contributed by atoms with E-state index in [2.05, 4.69) is 303 Å². The van der Waals surface area contributed by atoms with Crippen molar-refractivity contribution in [3.63, 3.8) is 0 Å². The minimum absolute atomic E-state index is 0.462. The van der Waals surface area contributed by atoms with Crippen molar-refractivity contribution in [2.45, 2.75) is 157 Å². The Balaban J connectivity index is 0.000000109. The highest BCUT2D eigenvalue weighted by atomic mass is 16.4. The van der Waals surface area contributed by atoms with Crippen molar-refractivity contribution in [3.05, 3.63) is 217 Å². The molecule has 12 heterocycles. The topological polar surface area (TPSA) is 170 Å². The first-order valence-electron chi connectivity index (χ1n) is 50.3. The van der Waals surface area contributed by atoms with Gasteiger partial charge in [0.1, 0.15) is 68.4 Å². The first-order chi connectivity index (χ1) is 66.4. The van der Waals surface area contributed by atoms with Gasteiger partial charge in [0.05, 0.1) is 0 Å². The maximum Gasteiger partial charge on any atom is 0.157 e. The predicted octanol–water partition coefficient (Wildman–Crippen LogP) is 32.0. The molecule has 21 aromatic rings. The average molecular weight is 1790 g/mol. The lowest BCUT2D eigenvalue weighted by atomic mass is 9.86. The number of hydrogen-bond acceptors (Lipinski definition) is 15. The Kier molecular flexibility index (Phi) is 20.4. The number of anilines is 6. The smallest absolute Gasteiger partial charge is 0.157 e. The number of nitriles is 3. The minimum Gasteiger partial charge on any atom is -0.454 e. The van der Waals surface area contributed by atoms with E-state index >= 15 is 0 Å². The second-order valence-electron chi connectivity index (χ2n) is 41.8. The average Bonchev–Trinajstić information content (AvgIpc) is 1.57. The highest BCUT2D eigenvalue weighted by molar-refractivity contribution is 6.25. The Hall–Kier alpha value is -14.1. The molecule has 678 valence electrons. The van der Waals surface area contributed by atoms with E-state index in [4.69, 9.17) is 26.5 Å². The quantitative estimate of drug-likeness (QED) is 0.141. The van der Waals surface area contributed by atoms with Crippen LogP contribution in [-0.2, 0) is 0 Å². The molecular weight excluding hydrogens is 1680 g/mol. The second kappa shape index (κ2) is 33.2. The Morgan fingerprint density at radius 1 is 0.235 bits per heavy atom. The van der Waals surface area contributed by atoms with E-state index in [0.29, 0.717) is 62.3 Å². The fourth-order valence-corrected chi connectivity index (χ4v) is 24.4. The van der Waals surface area contributed by atoms with E-state index in [1.54, 1.807) is 0 Å². The van der Waals surface area contributed by atoms with Gasteiger partial charge >= 0.3 is 0 Å². The molecule has 0 aliphatic carbocycles. The van der Waals surface area contributed by atoms with Gasteiger partial charge in [-0.15, -0.1) is 0 Å². The lowest BCUT2D eigenvalue weighted by Gasteiger charge is -2.35. The van der Waals surface area contributed by atoms with Crippen LogP contribution >= 0.6 is 0 Å². The normalized spacial score (nSPS) is 17.9. The van der Waals surface area contributed by atoms with Crippen LogP contribution in [0.15, 0.2) is 227 Å². The number of rotatable bonds is 8. The van der Waals surface area contributed by atoms with Crippen LogP contribution in [-0.4, -0.2) is 77.5 Å². The molecule has 6 aromatic heterocycles. The highest BCUT2D eigenvalue weighted by Crippen LogP contribution is 2.49. The molecule has 15 aromatic carbocycles. The number of furan rings is 6. The van der Waals surface area contributed by atoms with Crippen LogP contribution in [0.4, 0.5) is 34.1 Å². The summed E-state index contributed by atoms with van der Waals surface area (Å²) in [5, 5.41) is 57.1. The molecule has 6 fully saturated rings. The molecule has 0 N–H and O–H groups in total. The van der Waals surface area contributed by atoms with Gasteiger partial charge in [0.2, 0.25) is 0 Å². The summed E-state index contributed by atoms with van der Waals surface area (Å²) in [5.41, 5.74) is 17.4. The fourth-order valence-electron chi connectivity index (χ4n) is 24.4. The maximum atomic E-state index is 10.4. The molecule has 27 rings (SSSR count). The predicted molar refractivity (Wildman–Crippen MR) is 564 cm³/mol. The van der Waals surface area contributed by atoms with Crippen molar-refractivity contribution in [2.24, 2.45) is 35.5 Å². The SMILES string of the molecule is CC(C)C1CCN(c2ccc3cc4c(cc3c2)oc2c(C#N)c3oc5cc6cc(N7CCC(C(C)C)CC7)ccc6cc5c3cc24)CC1.CC1CCCCN1c1ccc2cc3c(cc2c1)oc1c(C#N)c2oc4cc5cc(N6CCCCC6C)ccc5cc4c2cc13.CC1CCN(c2ccc3cc4c(cc3c2)oc2c(C#N)c3oc5cc6cc(N7CCC(C)CC7)ccc6cc5c3cc24)CC1. The summed E-state index contributed by atoms with van der Waals surface area (Å²) in [6.07, 6.45) is 17.5. The van der Waals surface area contributed by atoms with Crippen LogP contribution in [0.1, 0.15) is 162 Å². The van der Waals surface area contributed by atoms with Crippen LogP contribution in [0, 0.1) is 69.5 Å².